The fraction of sp³-hybridized carbons (Fsp3) is 0.889. The van der Waals surface area contributed by atoms with E-state index in [1.54, 1.807) is 0 Å². The Morgan fingerprint density at radius 2 is 1.14 bits per heavy atom. The van der Waals surface area contributed by atoms with E-state index in [0.717, 1.165) is 12.8 Å². The summed E-state index contributed by atoms with van der Waals surface area (Å²) in [6.07, 6.45) is 23.1. The van der Waals surface area contributed by atoms with Gasteiger partial charge in [-0.15, -0.1) is 0 Å². The van der Waals surface area contributed by atoms with Crippen LogP contribution in [0.5, 0.6) is 0 Å². The topological polar surface area (TPSA) is 37.3 Å². The predicted molar refractivity (Wildman–Crippen MR) is 95.5 cm³/mol. The van der Waals surface area contributed by atoms with Gasteiger partial charge in [-0.2, -0.15) is 0 Å². The molecule has 1 N–H and O–H groups in total. The van der Waals surface area contributed by atoms with E-state index in [4.69, 9.17) is 4.89 Å². The van der Waals surface area contributed by atoms with Gasteiger partial charge in [0.1, 0.15) is 0 Å². The smallest absolute Gasteiger partial charge is 0.189 e. The Morgan fingerprint density at radius 3 is 1.62 bits per heavy atom. The molecule has 0 fully saturated rings. The molecule has 1 unspecified atom stereocenters. The first-order chi connectivity index (χ1) is 10.3. The van der Waals surface area contributed by atoms with Crippen LogP contribution in [0.2, 0.25) is 0 Å². The zero-order valence-corrected chi connectivity index (χ0v) is 15.1. The Labute approximate surface area is 133 Å². The summed E-state index contributed by atoms with van der Waals surface area (Å²) >= 11 is 0. The second-order valence-electron chi connectivity index (χ2n) is 6.08. The molecule has 126 valence electrons. The van der Waals surface area contributed by atoms with Gasteiger partial charge in [0, 0.05) is 6.16 Å². The molecule has 0 aromatic rings. The maximum absolute atomic E-state index is 10.5. The highest BCUT2D eigenvalue weighted by Gasteiger charge is 1.94. The minimum atomic E-state index is -2.21. The van der Waals surface area contributed by atoms with Gasteiger partial charge < -0.3 is 4.89 Å². The first kappa shape index (κ1) is 20.9. The molecule has 1 atom stereocenters. The van der Waals surface area contributed by atoms with Gasteiger partial charge in [-0.1, -0.05) is 76.9 Å². The van der Waals surface area contributed by atoms with Gasteiger partial charge in [0.05, 0.1) is 0 Å². The molecule has 3 heteroatoms. The molecule has 0 radical (unpaired) electrons. The minimum absolute atomic E-state index is 0.520. The van der Waals surface area contributed by atoms with Crippen LogP contribution in [0.1, 0.15) is 96.8 Å². The lowest BCUT2D eigenvalue weighted by atomic mass is 10.1. The van der Waals surface area contributed by atoms with E-state index in [0.29, 0.717) is 6.16 Å². The lowest BCUT2D eigenvalue weighted by Crippen LogP contribution is -1.82. The third kappa shape index (κ3) is 19.9. The maximum atomic E-state index is 10.5. The van der Waals surface area contributed by atoms with Crippen LogP contribution in [0.3, 0.4) is 0 Å². The van der Waals surface area contributed by atoms with E-state index >= 15 is 0 Å². The fourth-order valence-electron chi connectivity index (χ4n) is 2.52. The first-order valence-electron chi connectivity index (χ1n) is 9.14. The van der Waals surface area contributed by atoms with E-state index in [-0.39, 0.29) is 0 Å². The summed E-state index contributed by atoms with van der Waals surface area (Å²) in [5.74, 6) is 0. The molecular formula is C18H37O2P. The van der Waals surface area contributed by atoms with Crippen LogP contribution < -0.4 is 0 Å². The highest BCUT2D eigenvalue weighted by Crippen LogP contribution is 2.17. The van der Waals surface area contributed by atoms with Crippen molar-refractivity contribution in [1.29, 1.82) is 0 Å². The summed E-state index contributed by atoms with van der Waals surface area (Å²) < 4.78 is 10.5. The van der Waals surface area contributed by atoms with Crippen molar-refractivity contribution >= 4 is 8.03 Å². The number of hydrogen-bond donors (Lipinski definition) is 1. The molecule has 0 saturated heterocycles. The molecule has 0 aliphatic heterocycles. The number of rotatable bonds is 16. The second kappa shape index (κ2) is 18.0. The highest BCUT2D eigenvalue weighted by molar-refractivity contribution is 7.37. The standard InChI is InChI=1S/C18H37O2P/c1-2-3-4-5-6-7-8-9-10-11-12-13-14-15-16-17-18-21(19)20/h9-10,21H,2-8,11-18H2,1H3,(H,19,20). The van der Waals surface area contributed by atoms with Crippen LogP contribution in [0.4, 0.5) is 0 Å². The van der Waals surface area contributed by atoms with Crippen molar-refractivity contribution in [2.75, 3.05) is 6.16 Å². The Hall–Kier alpha value is -0.0700. The van der Waals surface area contributed by atoms with Gasteiger partial charge in [-0.3, -0.25) is 4.57 Å². The molecule has 21 heavy (non-hydrogen) atoms. The molecule has 2 nitrogen and oxygen atoms in total. The van der Waals surface area contributed by atoms with Crippen molar-refractivity contribution in [3.8, 4) is 0 Å². The fourth-order valence-corrected chi connectivity index (χ4v) is 3.08. The second-order valence-corrected chi connectivity index (χ2v) is 7.37. The van der Waals surface area contributed by atoms with Crippen molar-refractivity contribution in [1.82, 2.24) is 0 Å². The molecule has 0 heterocycles. The average Bonchev–Trinajstić information content (AvgIpc) is 2.46. The quantitative estimate of drug-likeness (QED) is 0.201. The van der Waals surface area contributed by atoms with E-state index in [2.05, 4.69) is 19.1 Å². The Bertz CT molecular complexity index is 252. The van der Waals surface area contributed by atoms with Gasteiger partial charge in [-0.05, 0) is 32.1 Å². The van der Waals surface area contributed by atoms with E-state index in [9.17, 15) is 4.57 Å². The Kier molecular flexibility index (Phi) is 17.9. The number of hydrogen-bond acceptors (Lipinski definition) is 1. The molecule has 0 aromatic carbocycles. The Balaban J connectivity index is 3.07. The number of unbranched alkanes of at least 4 members (excludes halogenated alkanes) is 12. The van der Waals surface area contributed by atoms with Crippen LogP contribution >= 0.6 is 8.03 Å². The largest absolute Gasteiger partial charge is 0.346 e. The van der Waals surface area contributed by atoms with Crippen LogP contribution in [0.25, 0.3) is 0 Å². The summed E-state index contributed by atoms with van der Waals surface area (Å²) in [6.45, 7) is 2.26. The van der Waals surface area contributed by atoms with Crippen molar-refractivity contribution in [2.24, 2.45) is 0 Å². The molecule has 0 amide bonds. The zero-order valence-electron chi connectivity index (χ0n) is 14.1. The molecule has 0 saturated carbocycles. The maximum Gasteiger partial charge on any atom is 0.189 e. The lowest BCUT2D eigenvalue weighted by molar-refractivity contribution is 0.498. The lowest BCUT2D eigenvalue weighted by Gasteiger charge is -2.00. The minimum Gasteiger partial charge on any atom is -0.346 e. The van der Waals surface area contributed by atoms with Gasteiger partial charge in [0.25, 0.3) is 0 Å². The van der Waals surface area contributed by atoms with Crippen molar-refractivity contribution in [3.05, 3.63) is 12.2 Å². The SMILES string of the molecule is CCCCCCCCC=CCCCCCCCC[PH](=O)O. The number of allylic oxidation sites excluding steroid dienone is 2. The molecule has 0 aliphatic carbocycles. The van der Waals surface area contributed by atoms with Crippen LogP contribution in [-0.4, -0.2) is 11.1 Å². The third-order valence-corrected chi connectivity index (χ3v) is 4.68. The van der Waals surface area contributed by atoms with Crippen LogP contribution in [0.15, 0.2) is 12.2 Å². The molecule has 0 aliphatic rings. The predicted octanol–water partition coefficient (Wildman–Crippen LogP) is 6.49. The molecule has 0 rings (SSSR count). The van der Waals surface area contributed by atoms with Crippen molar-refractivity contribution in [3.63, 3.8) is 0 Å². The molecule has 0 aromatic heterocycles. The molecular weight excluding hydrogens is 279 g/mol. The summed E-state index contributed by atoms with van der Waals surface area (Å²) in [6, 6.07) is 0. The third-order valence-electron chi connectivity index (χ3n) is 3.90. The molecule has 0 spiro atoms. The monoisotopic (exact) mass is 316 g/mol. The van der Waals surface area contributed by atoms with Crippen molar-refractivity contribution < 1.29 is 9.46 Å². The first-order valence-corrected chi connectivity index (χ1v) is 10.7. The van der Waals surface area contributed by atoms with Gasteiger partial charge in [0.15, 0.2) is 8.03 Å². The van der Waals surface area contributed by atoms with Gasteiger partial charge in [0.2, 0.25) is 0 Å². The summed E-state index contributed by atoms with van der Waals surface area (Å²) in [7, 11) is -2.21. The normalized spacial score (nSPS) is 13.0. The van der Waals surface area contributed by atoms with Gasteiger partial charge in [-0.25, -0.2) is 0 Å². The van der Waals surface area contributed by atoms with Gasteiger partial charge >= 0.3 is 0 Å². The van der Waals surface area contributed by atoms with E-state index < -0.39 is 8.03 Å². The van der Waals surface area contributed by atoms with E-state index in [1.807, 2.05) is 0 Å². The summed E-state index contributed by atoms with van der Waals surface area (Å²) in [5.41, 5.74) is 0. The Morgan fingerprint density at radius 1 is 0.714 bits per heavy atom. The van der Waals surface area contributed by atoms with Crippen LogP contribution in [0, 0.1) is 0 Å². The van der Waals surface area contributed by atoms with Crippen LogP contribution in [-0.2, 0) is 4.57 Å². The summed E-state index contributed by atoms with van der Waals surface area (Å²) in [5, 5.41) is 0. The highest BCUT2D eigenvalue weighted by atomic mass is 31.1. The summed E-state index contributed by atoms with van der Waals surface area (Å²) in [4.78, 5) is 8.71. The van der Waals surface area contributed by atoms with E-state index in [1.165, 1.54) is 77.0 Å². The molecule has 0 bridgehead atoms. The van der Waals surface area contributed by atoms with Crippen molar-refractivity contribution in [2.45, 2.75) is 96.8 Å². The zero-order chi connectivity index (χ0) is 15.6. The average molecular weight is 316 g/mol.